The Morgan fingerprint density at radius 3 is 2.78 bits per heavy atom. The Labute approximate surface area is 183 Å². The molecule has 2 aromatic rings. The second-order valence-electron chi connectivity index (χ2n) is 6.71. The van der Waals surface area contributed by atoms with Gasteiger partial charge < -0.3 is 10.6 Å². The largest absolute Gasteiger partial charge is 0.356 e. The van der Waals surface area contributed by atoms with Crippen molar-refractivity contribution in [2.24, 2.45) is 4.99 Å². The van der Waals surface area contributed by atoms with E-state index >= 15 is 0 Å². The first-order valence-corrected chi connectivity index (χ1v) is 10.3. The summed E-state index contributed by atoms with van der Waals surface area (Å²) in [5.41, 5.74) is 2.57. The molecule has 1 saturated heterocycles. The molecule has 1 aliphatic heterocycles. The molecule has 0 aromatic carbocycles. The highest BCUT2D eigenvalue weighted by atomic mass is 127. The molecule has 0 saturated carbocycles. The molecule has 5 nitrogen and oxygen atoms in total. The average molecular weight is 499 g/mol. The Kier molecular flexibility index (Phi) is 9.50. The summed E-state index contributed by atoms with van der Waals surface area (Å²) in [5, 5.41) is 9.14. The third kappa shape index (κ3) is 6.43. The van der Waals surface area contributed by atoms with Crippen molar-refractivity contribution in [3.8, 4) is 0 Å². The Hall–Kier alpha value is -1.19. The Bertz CT molecular complexity index is 698. The lowest BCUT2D eigenvalue weighted by Gasteiger charge is -2.27. The summed E-state index contributed by atoms with van der Waals surface area (Å²) >= 11 is 1.85. The van der Waals surface area contributed by atoms with Gasteiger partial charge in [-0.15, -0.1) is 35.3 Å². The topological polar surface area (TPSA) is 52.6 Å². The first kappa shape index (κ1) is 22.1. The molecule has 0 radical (unpaired) electrons. The van der Waals surface area contributed by atoms with E-state index in [1.165, 1.54) is 41.9 Å². The van der Waals surface area contributed by atoms with Crippen LogP contribution >= 0.6 is 35.3 Å². The molecular weight excluding hydrogens is 469 g/mol. The summed E-state index contributed by atoms with van der Waals surface area (Å²) in [7, 11) is 1.84. The Balaban J connectivity index is 0.00000261. The summed E-state index contributed by atoms with van der Waals surface area (Å²) in [4.78, 5) is 12.6. The molecule has 0 aliphatic carbocycles. The zero-order valence-electron chi connectivity index (χ0n) is 16.1. The van der Waals surface area contributed by atoms with Gasteiger partial charge in [-0.1, -0.05) is 6.07 Å². The summed E-state index contributed by atoms with van der Waals surface area (Å²) in [6.45, 7) is 6.23. The van der Waals surface area contributed by atoms with Gasteiger partial charge in [-0.05, 0) is 67.9 Å². The molecule has 3 heterocycles. The number of guanidine groups is 1. The number of aryl methyl sites for hydroxylation is 1. The highest BCUT2D eigenvalue weighted by Crippen LogP contribution is 2.27. The van der Waals surface area contributed by atoms with Gasteiger partial charge >= 0.3 is 0 Å². The number of aliphatic imine (C=N–C) groups is 1. The highest BCUT2D eigenvalue weighted by molar-refractivity contribution is 14.0. The third-order valence-corrected chi connectivity index (χ3v) is 5.94. The van der Waals surface area contributed by atoms with E-state index in [9.17, 15) is 0 Å². The van der Waals surface area contributed by atoms with E-state index in [1.807, 2.05) is 30.8 Å². The van der Waals surface area contributed by atoms with Crippen LogP contribution in [-0.2, 0) is 6.42 Å². The smallest absolute Gasteiger partial charge is 0.191 e. The maximum Gasteiger partial charge on any atom is 0.191 e. The van der Waals surface area contributed by atoms with Crippen LogP contribution in [0.2, 0.25) is 0 Å². The van der Waals surface area contributed by atoms with E-state index in [2.05, 4.69) is 56.0 Å². The van der Waals surface area contributed by atoms with Crippen molar-refractivity contribution in [2.75, 3.05) is 33.2 Å². The maximum absolute atomic E-state index is 4.39. The lowest BCUT2D eigenvalue weighted by Crippen LogP contribution is -2.43. The van der Waals surface area contributed by atoms with E-state index in [1.54, 1.807) is 0 Å². The lowest BCUT2D eigenvalue weighted by molar-refractivity contribution is 0.249. The van der Waals surface area contributed by atoms with E-state index < -0.39 is 0 Å². The fraction of sp³-hybridized carbons (Fsp3) is 0.500. The molecular formula is C20H30IN5S. The number of nitrogens with zero attached hydrogens (tertiary/aromatic N) is 3. The minimum absolute atomic E-state index is 0. The molecule has 7 heteroatoms. The van der Waals surface area contributed by atoms with Crippen molar-refractivity contribution < 1.29 is 0 Å². The van der Waals surface area contributed by atoms with E-state index in [4.69, 9.17) is 0 Å². The lowest BCUT2D eigenvalue weighted by atomic mass is 10.1. The minimum atomic E-state index is 0. The van der Waals surface area contributed by atoms with E-state index in [0.717, 1.165) is 25.5 Å². The van der Waals surface area contributed by atoms with Gasteiger partial charge in [0.2, 0.25) is 0 Å². The molecule has 1 fully saturated rings. The molecule has 2 aromatic heterocycles. The quantitative estimate of drug-likeness (QED) is 0.347. The molecule has 0 spiro atoms. The second kappa shape index (κ2) is 11.6. The van der Waals surface area contributed by atoms with Crippen LogP contribution in [-0.4, -0.2) is 49.1 Å². The molecule has 1 aliphatic rings. The van der Waals surface area contributed by atoms with Gasteiger partial charge in [0.25, 0.3) is 0 Å². The average Bonchev–Trinajstić information content (AvgIpc) is 3.36. The number of likely N-dealkylation sites (tertiary alicyclic amines) is 1. The van der Waals surface area contributed by atoms with Gasteiger partial charge in [0.1, 0.15) is 0 Å². The van der Waals surface area contributed by atoms with Crippen molar-refractivity contribution >= 4 is 41.3 Å². The molecule has 148 valence electrons. The monoisotopic (exact) mass is 499 g/mol. The van der Waals surface area contributed by atoms with Gasteiger partial charge in [-0.3, -0.25) is 14.9 Å². The highest BCUT2D eigenvalue weighted by Gasteiger charge is 2.24. The summed E-state index contributed by atoms with van der Waals surface area (Å²) in [6.07, 6.45) is 7.36. The molecule has 27 heavy (non-hydrogen) atoms. The fourth-order valence-electron chi connectivity index (χ4n) is 3.46. The van der Waals surface area contributed by atoms with Crippen LogP contribution in [0.3, 0.4) is 0 Å². The number of nitrogens with one attached hydrogen (secondary N) is 2. The van der Waals surface area contributed by atoms with Gasteiger partial charge in [-0.25, -0.2) is 0 Å². The predicted molar refractivity (Wildman–Crippen MR) is 125 cm³/mol. The van der Waals surface area contributed by atoms with Crippen molar-refractivity contribution in [1.82, 2.24) is 20.5 Å². The zero-order valence-corrected chi connectivity index (χ0v) is 19.3. The van der Waals surface area contributed by atoms with Crippen LogP contribution in [0.4, 0.5) is 0 Å². The number of aromatic nitrogens is 1. The van der Waals surface area contributed by atoms with Gasteiger partial charge in [-0.2, -0.15) is 0 Å². The van der Waals surface area contributed by atoms with Crippen LogP contribution in [0.15, 0.2) is 41.0 Å². The van der Waals surface area contributed by atoms with Crippen LogP contribution in [0.25, 0.3) is 0 Å². The zero-order chi connectivity index (χ0) is 18.2. The van der Waals surface area contributed by atoms with Crippen molar-refractivity contribution in [1.29, 1.82) is 0 Å². The normalized spacial score (nSPS) is 16.0. The molecule has 1 atom stereocenters. The van der Waals surface area contributed by atoms with Gasteiger partial charge in [0.05, 0.1) is 6.04 Å². The van der Waals surface area contributed by atoms with E-state index in [-0.39, 0.29) is 24.0 Å². The predicted octanol–water partition coefficient (Wildman–Crippen LogP) is 3.61. The fourth-order valence-corrected chi connectivity index (χ4v) is 4.32. The Morgan fingerprint density at radius 1 is 1.30 bits per heavy atom. The third-order valence-electron chi connectivity index (χ3n) is 4.96. The second-order valence-corrected chi connectivity index (χ2v) is 7.69. The molecule has 1 unspecified atom stereocenters. The van der Waals surface area contributed by atoms with Crippen LogP contribution in [0.5, 0.6) is 0 Å². The summed E-state index contributed by atoms with van der Waals surface area (Å²) < 4.78 is 0. The summed E-state index contributed by atoms with van der Waals surface area (Å²) in [6, 6.07) is 6.91. The van der Waals surface area contributed by atoms with Crippen LogP contribution in [0, 0.1) is 6.92 Å². The molecule has 2 N–H and O–H groups in total. The van der Waals surface area contributed by atoms with Crippen molar-refractivity contribution in [3.05, 3.63) is 52.0 Å². The number of pyridine rings is 1. The molecule has 3 rings (SSSR count). The van der Waals surface area contributed by atoms with Crippen LogP contribution < -0.4 is 10.6 Å². The number of thiophene rings is 1. The Morgan fingerprint density at radius 2 is 2.11 bits per heavy atom. The molecule has 0 amide bonds. The maximum atomic E-state index is 4.39. The van der Waals surface area contributed by atoms with Crippen molar-refractivity contribution in [2.45, 2.75) is 32.2 Å². The molecule has 0 bridgehead atoms. The number of hydrogen-bond donors (Lipinski definition) is 2. The van der Waals surface area contributed by atoms with E-state index in [0.29, 0.717) is 6.04 Å². The van der Waals surface area contributed by atoms with Crippen LogP contribution in [0.1, 0.15) is 34.9 Å². The first-order chi connectivity index (χ1) is 12.8. The standard InChI is InChI=1S/C20H29N5S.HI/c1-16-14-22-9-7-17(16)8-10-23-20(21-2)24-15-18(19-6-5-13-26-19)25-11-3-4-12-25;/h5-7,9,13-14,18H,3-4,8,10-12,15H2,1-2H3,(H2,21,23,24);1H. The number of hydrogen-bond acceptors (Lipinski definition) is 4. The van der Waals surface area contributed by atoms with Crippen molar-refractivity contribution in [3.63, 3.8) is 0 Å². The summed E-state index contributed by atoms with van der Waals surface area (Å²) in [5.74, 6) is 0.873. The number of halogens is 1. The first-order valence-electron chi connectivity index (χ1n) is 9.39. The SMILES string of the molecule is CN=C(NCCc1ccncc1C)NCC(c1cccs1)N1CCCC1.I. The number of rotatable bonds is 7. The minimum Gasteiger partial charge on any atom is -0.356 e. The van der Waals surface area contributed by atoms with Gasteiger partial charge in [0.15, 0.2) is 5.96 Å². The van der Waals surface area contributed by atoms with Gasteiger partial charge in [0, 0.05) is 37.4 Å².